The van der Waals surface area contributed by atoms with Crippen molar-refractivity contribution in [3.05, 3.63) is 72.2 Å². The highest BCUT2D eigenvalue weighted by Gasteiger charge is 2.37. The van der Waals surface area contributed by atoms with Crippen LogP contribution in [0.2, 0.25) is 18.1 Å². The summed E-state index contributed by atoms with van der Waals surface area (Å²) < 4.78 is 23.6. The molecule has 7 nitrogen and oxygen atoms in total. The van der Waals surface area contributed by atoms with Gasteiger partial charge in [0.25, 0.3) is 0 Å². The van der Waals surface area contributed by atoms with Crippen molar-refractivity contribution >= 4 is 30.2 Å². The van der Waals surface area contributed by atoms with Crippen LogP contribution in [0.5, 0.6) is 0 Å². The van der Waals surface area contributed by atoms with Crippen molar-refractivity contribution in [3.63, 3.8) is 0 Å². The average molecular weight is 564 g/mol. The SMILES string of the molecule is C[C@H](N[S@](=O)C(C)(C)C)c1cccc(-c2ccc3cn(-c4cccc(CO[Si](C)(C)C(C)(C)C)n4)nc3c2)n1. The quantitative estimate of drug-likeness (QED) is 0.231. The summed E-state index contributed by atoms with van der Waals surface area (Å²) in [6.45, 7) is 19.6. The van der Waals surface area contributed by atoms with Gasteiger partial charge in [0.05, 0.1) is 51.0 Å². The second-order valence-corrected chi connectivity index (χ2v) is 19.4. The summed E-state index contributed by atoms with van der Waals surface area (Å²) >= 11 is 0. The Morgan fingerprint density at radius 2 is 1.72 bits per heavy atom. The van der Waals surface area contributed by atoms with Gasteiger partial charge in [-0.1, -0.05) is 45.0 Å². The van der Waals surface area contributed by atoms with E-state index in [1.54, 1.807) is 0 Å². The van der Waals surface area contributed by atoms with Crippen LogP contribution in [0.15, 0.2) is 60.8 Å². The van der Waals surface area contributed by atoms with Crippen molar-refractivity contribution in [2.45, 2.75) is 84.0 Å². The minimum atomic E-state index is -1.86. The molecule has 1 aromatic carbocycles. The smallest absolute Gasteiger partial charge is 0.192 e. The first kappa shape index (κ1) is 29.3. The number of pyridine rings is 2. The van der Waals surface area contributed by atoms with Gasteiger partial charge in [-0.25, -0.2) is 18.6 Å². The fraction of sp³-hybridized carbons (Fsp3) is 0.433. The van der Waals surface area contributed by atoms with Crippen LogP contribution in [0, 0.1) is 0 Å². The lowest BCUT2D eigenvalue weighted by molar-refractivity contribution is 0.272. The summed E-state index contributed by atoms with van der Waals surface area (Å²) in [7, 11) is -3.04. The zero-order valence-corrected chi connectivity index (χ0v) is 26.4. The van der Waals surface area contributed by atoms with Crippen molar-refractivity contribution in [3.8, 4) is 17.1 Å². The summed E-state index contributed by atoms with van der Waals surface area (Å²) in [5, 5.41) is 6.00. The van der Waals surface area contributed by atoms with E-state index in [0.29, 0.717) is 6.61 Å². The molecule has 4 rings (SSSR count). The predicted octanol–water partition coefficient (Wildman–Crippen LogP) is 7.12. The van der Waals surface area contributed by atoms with E-state index in [0.717, 1.165) is 39.4 Å². The van der Waals surface area contributed by atoms with E-state index in [1.807, 2.05) is 81.0 Å². The molecule has 0 aliphatic heterocycles. The van der Waals surface area contributed by atoms with E-state index in [1.165, 1.54) is 0 Å². The average Bonchev–Trinajstić information content (AvgIpc) is 3.30. The lowest BCUT2D eigenvalue weighted by atomic mass is 10.1. The number of hydrogen-bond donors (Lipinski definition) is 1. The van der Waals surface area contributed by atoms with Gasteiger partial charge in [0.2, 0.25) is 0 Å². The summed E-state index contributed by atoms with van der Waals surface area (Å²) in [5.74, 6) is 0.760. The first-order chi connectivity index (χ1) is 18.1. The van der Waals surface area contributed by atoms with Crippen molar-refractivity contribution < 1.29 is 8.63 Å². The topological polar surface area (TPSA) is 81.9 Å². The molecule has 0 amide bonds. The Bertz CT molecular complexity index is 1490. The molecule has 2 atom stereocenters. The highest BCUT2D eigenvalue weighted by atomic mass is 32.2. The van der Waals surface area contributed by atoms with Gasteiger partial charge in [-0.15, -0.1) is 0 Å². The number of fused-ring (bicyclic) bond motifs is 1. The molecule has 4 aromatic rings. The van der Waals surface area contributed by atoms with E-state index in [2.05, 4.69) is 50.7 Å². The third-order valence-corrected chi connectivity index (χ3v) is 13.4. The second-order valence-electron chi connectivity index (χ2n) is 12.6. The minimum Gasteiger partial charge on any atom is -0.411 e. The number of benzene rings is 1. The fourth-order valence-electron chi connectivity index (χ4n) is 3.69. The molecule has 0 aliphatic rings. The molecular formula is C30H41N5O2SSi. The standard InChI is InChI=1S/C30H41N5O2SSi/c1-21(34-38(36)29(2,3)4)25-13-11-14-26(32-25)22-16-17-23-19-35(33-27(23)18-22)28-15-10-12-24(31-28)20-37-39(8,9)30(5,6)7/h10-19,21,34H,20H2,1-9H3/t21-,38+/m0/s1. The molecule has 3 heterocycles. The van der Waals surface area contributed by atoms with Gasteiger partial charge in [-0.3, -0.25) is 4.98 Å². The summed E-state index contributed by atoms with van der Waals surface area (Å²) in [6, 6.07) is 17.9. The van der Waals surface area contributed by atoms with E-state index in [4.69, 9.17) is 19.5 Å². The van der Waals surface area contributed by atoms with E-state index < -0.39 is 19.3 Å². The lowest BCUT2D eigenvalue weighted by Gasteiger charge is -2.36. The molecule has 0 fully saturated rings. The van der Waals surface area contributed by atoms with Crippen molar-refractivity contribution in [2.24, 2.45) is 0 Å². The fourth-order valence-corrected chi connectivity index (χ4v) is 5.43. The maximum absolute atomic E-state index is 12.6. The second kappa shape index (κ2) is 11.0. The van der Waals surface area contributed by atoms with Gasteiger partial charge >= 0.3 is 0 Å². The summed E-state index contributed by atoms with van der Waals surface area (Å²) in [4.78, 5) is 9.69. The highest BCUT2D eigenvalue weighted by molar-refractivity contribution is 7.84. The van der Waals surface area contributed by atoms with Crippen LogP contribution < -0.4 is 4.72 Å². The zero-order valence-electron chi connectivity index (χ0n) is 24.6. The van der Waals surface area contributed by atoms with Crippen LogP contribution in [0.4, 0.5) is 0 Å². The largest absolute Gasteiger partial charge is 0.411 e. The van der Waals surface area contributed by atoms with Gasteiger partial charge in [0, 0.05) is 17.1 Å². The third-order valence-electron chi connectivity index (χ3n) is 7.27. The number of hydrogen-bond acceptors (Lipinski definition) is 5. The number of nitrogens with one attached hydrogen (secondary N) is 1. The van der Waals surface area contributed by atoms with Gasteiger partial charge < -0.3 is 4.43 Å². The highest BCUT2D eigenvalue weighted by Crippen LogP contribution is 2.37. The van der Waals surface area contributed by atoms with Gasteiger partial charge in [-0.2, -0.15) is 5.10 Å². The Morgan fingerprint density at radius 1 is 1.00 bits per heavy atom. The number of rotatable bonds is 8. The molecule has 0 saturated heterocycles. The van der Waals surface area contributed by atoms with Crippen LogP contribution in [0.3, 0.4) is 0 Å². The van der Waals surface area contributed by atoms with Crippen LogP contribution in [-0.4, -0.2) is 37.0 Å². The van der Waals surface area contributed by atoms with E-state index >= 15 is 0 Å². The summed E-state index contributed by atoms with van der Waals surface area (Å²) in [5.41, 5.74) is 4.43. The molecule has 0 aliphatic carbocycles. The van der Waals surface area contributed by atoms with E-state index in [9.17, 15) is 4.21 Å². The Kier molecular flexibility index (Phi) is 8.28. The predicted molar refractivity (Wildman–Crippen MR) is 164 cm³/mol. The molecule has 3 aromatic heterocycles. The first-order valence-electron chi connectivity index (χ1n) is 13.4. The normalized spacial score (nSPS) is 14.5. The Hall–Kier alpha value is -2.72. The monoisotopic (exact) mass is 563 g/mol. The maximum atomic E-state index is 12.6. The molecule has 1 N–H and O–H groups in total. The molecule has 0 spiro atoms. The third kappa shape index (κ3) is 6.89. The lowest BCUT2D eigenvalue weighted by Crippen LogP contribution is -2.40. The Morgan fingerprint density at radius 3 is 2.41 bits per heavy atom. The number of nitrogens with zero attached hydrogens (tertiary/aromatic N) is 4. The van der Waals surface area contributed by atoms with Crippen molar-refractivity contribution in [2.75, 3.05) is 0 Å². The molecule has 39 heavy (non-hydrogen) atoms. The van der Waals surface area contributed by atoms with Gasteiger partial charge in [0.1, 0.15) is 0 Å². The van der Waals surface area contributed by atoms with Crippen LogP contribution in [0.1, 0.15) is 65.9 Å². The van der Waals surface area contributed by atoms with E-state index in [-0.39, 0.29) is 15.8 Å². The van der Waals surface area contributed by atoms with Crippen molar-refractivity contribution in [1.82, 2.24) is 24.5 Å². The molecular weight excluding hydrogens is 523 g/mol. The first-order valence-corrected chi connectivity index (χ1v) is 17.4. The maximum Gasteiger partial charge on any atom is 0.192 e. The van der Waals surface area contributed by atoms with Gasteiger partial charge in [-0.05, 0) is 76.2 Å². The minimum absolute atomic E-state index is 0.146. The molecule has 0 bridgehead atoms. The Balaban J connectivity index is 1.55. The van der Waals surface area contributed by atoms with Crippen LogP contribution >= 0.6 is 0 Å². The molecule has 0 radical (unpaired) electrons. The van der Waals surface area contributed by atoms with Crippen molar-refractivity contribution in [1.29, 1.82) is 0 Å². The zero-order chi connectivity index (χ0) is 28.6. The molecule has 0 saturated carbocycles. The summed E-state index contributed by atoms with van der Waals surface area (Å²) in [6.07, 6.45) is 2.00. The van der Waals surface area contributed by atoms with Crippen LogP contribution in [0.25, 0.3) is 28.0 Å². The van der Waals surface area contributed by atoms with Gasteiger partial charge in [0.15, 0.2) is 14.1 Å². The molecule has 9 heteroatoms. The number of aromatic nitrogens is 4. The van der Waals surface area contributed by atoms with Crippen LogP contribution in [-0.2, 0) is 22.0 Å². The molecule has 0 unspecified atom stereocenters. The Labute approximate surface area is 236 Å². The molecule has 208 valence electrons.